The number of phenolic OH excluding ortho intramolecular Hbond substituents is 1. The van der Waals surface area contributed by atoms with Gasteiger partial charge in [0.2, 0.25) is 5.78 Å². The van der Waals surface area contributed by atoms with Crippen molar-refractivity contribution in [3.63, 3.8) is 0 Å². The van der Waals surface area contributed by atoms with Crippen molar-refractivity contribution < 1.29 is 34.8 Å². The molecule has 6 N–H and O–H groups in total. The molecule has 0 saturated heterocycles. The highest BCUT2D eigenvalue weighted by Crippen LogP contribution is 2.54. The van der Waals surface area contributed by atoms with Crippen LogP contribution >= 0.6 is 0 Å². The Balaban J connectivity index is 1.60. The minimum Gasteiger partial charge on any atom is -0.508 e. The molecule has 0 spiro atoms. The third kappa shape index (κ3) is 5.42. The zero-order valence-corrected chi connectivity index (χ0v) is 27.1. The number of likely N-dealkylation sites (N-methyl/N-ethyl adjacent to an activating group) is 1. The number of anilines is 1. The molecule has 0 aromatic heterocycles. The Hall–Kier alpha value is -3.41. The number of fused-ring (bicyclic) bond motifs is 3. The summed E-state index contributed by atoms with van der Waals surface area (Å²) in [6, 6.07) is 0.535. The number of primary amides is 1. The summed E-state index contributed by atoms with van der Waals surface area (Å²) in [4.78, 5) is 45.6. The maximum absolute atomic E-state index is 14.1. The SMILES string of the molecule is CCN(Cc1cc(O)c2c(c1N(C)C)C[C@H]1C[C@H]3[C@H](N(C)C)C(=O)C(C(N)=O)=C(O)[C@@]3(O)C(=O)C1=C2O)CC1CCCCCC1. The van der Waals surface area contributed by atoms with Crippen LogP contribution in [0.2, 0.25) is 0 Å². The molecule has 0 unspecified atom stereocenters. The summed E-state index contributed by atoms with van der Waals surface area (Å²) in [5, 5.41) is 45.9. The zero-order valence-electron chi connectivity index (χ0n) is 27.1. The van der Waals surface area contributed by atoms with Gasteiger partial charge in [-0.2, -0.15) is 0 Å². The van der Waals surface area contributed by atoms with Gasteiger partial charge in [-0.3, -0.25) is 24.2 Å². The van der Waals surface area contributed by atoms with Crippen LogP contribution in [0, 0.1) is 17.8 Å². The van der Waals surface area contributed by atoms with Crippen LogP contribution in [-0.4, -0.2) is 101 Å². The average Bonchev–Trinajstić information content (AvgIpc) is 3.22. The lowest BCUT2D eigenvalue weighted by molar-refractivity contribution is -0.153. The largest absolute Gasteiger partial charge is 0.508 e. The van der Waals surface area contributed by atoms with E-state index in [1.54, 1.807) is 20.2 Å². The molecule has 246 valence electrons. The molecule has 4 atom stereocenters. The van der Waals surface area contributed by atoms with Crippen LogP contribution in [0.3, 0.4) is 0 Å². The first-order chi connectivity index (χ1) is 21.2. The molecular formula is C34H48N4O7. The predicted molar refractivity (Wildman–Crippen MR) is 171 cm³/mol. The first-order valence-electron chi connectivity index (χ1n) is 16.2. The molecule has 0 aliphatic heterocycles. The smallest absolute Gasteiger partial charge is 0.255 e. The van der Waals surface area contributed by atoms with Crippen molar-refractivity contribution in [2.75, 3.05) is 46.2 Å². The maximum atomic E-state index is 14.1. The number of hydrogen-bond donors (Lipinski definition) is 5. The van der Waals surface area contributed by atoms with Crippen molar-refractivity contribution >= 4 is 28.9 Å². The highest BCUT2D eigenvalue weighted by molar-refractivity contribution is 6.24. The van der Waals surface area contributed by atoms with Crippen molar-refractivity contribution in [1.82, 2.24) is 9.80 Å². The second-order valence-electron chi connectivity index (χ2n) is 13.8. The summed E-state index contributed by atoms with van der Waals surface area (Å²) in [5.41, 5.74) is 4.38. The second-order valence-corrected chi connectivity index (χ2v) is 13.8. The van der Waals surface area contributed by atoms with Crippen LogP contribution in [0.15, 0.2) is 23.0 Å². The molecule has 4 aliphatic carbocycles. The fourth-order valence-electron chi connectivity index (χ4n) is 8.50. The predicted octanol–water partition coefficient (Wildman–Crippen LogP) is 2.82. The van der Waals surface area contributed by atoms with Gasteiger partial charge in [-0.1, -0.05) is 32.6 Å². The number of phenols is 1. The van der Waals surface area contributed by atoms with Gasteiger partial charge in [0, 0.05) is 44.4 Å². The van der Waals surface area contributed by atoms with Gasteiger partial charge in [-0.15, -0.1) is 0 Å². The number of carbonyl (C=O) groups excluding carboxylic acids is 3. The Morgan fingerprint density at radius 2 is 1.69 bits per heavy atom. The van der Waals surface area contributed by atoms with Crippen molar-refractivity contribution in [3.05, 3.63) is 39.7 Å². The van der Waals surface area contributed by atoms with E-state index in [1.165, 1.54) is 43.4 Å². The van der Waals surface area contributed by atoms with Gasteiger partial charge in [-0.05, 0) is 75.4 Å². The summed E-state index contributed by atoms with van der Waals surface area (Å²) in [6.07, 6.45) is 7.86. The number of rotatable bonds is 8. The van der Waals surface area contributed by atoms with E-state index in [-0.39, 0.29) is 29.7 Å². The summed E-state index contributed by atoms with van der Waals surface area (Å²) in [6.45, 7) is 4.56. The molecule has 1 amide bonds. The van der Waals surface area contributed by atoms with Gasteiger partial charge >= 0.3 is 0 Å². The van der Waals surface area contributed by atoms with E-state index in [0.29, 0.717) is 18.0 Å². The third-order valence-electron chi connectivity index (χ3n) is 10.6. The zero-order chi connectivity index (χ0) is 33.0. The van der Waals surface area contributed by atoms with Gasteiger partial charge in [0.25, 0.3) is 5.91 Å². The number of benzene rings is 1. The third-order valence-corrected chi connectivity index (χ3v) is 10.6. The van der Waals surface area contributed by atoms with Gasteiger partial charge in [0.15, 0.2) is 11.4 Å². The average molecular weight is 625 g/mol. The summed E-state index contributed by atoms with van der Waals surface area (Å²) in [5.74, 6) is -5.83. The van der Waals surface area contributed by atoms with Crippen molar-refractivity contribution in [1.29, 1.82) is 0 Å². The molecule has 2 saturated carbocycles. The fourth-order valence-corrected chi connectivity index (χ4v) is 8.50. The van der Waals surface area contributed by atoms with Gasteiger partial charge in [0.1, 0.15) is 22.8 Å². The first kappa shape index (κ1) is 33.0. The Morgan fingerprint density at radius 3 is 2.24 bits per heavy atom. The standard InChI is InChI=1S/C34H48N4O7/c1-6-38(16-18-11-9-7-8-10-12-18)17-20-15-23(39)25-21(27(20)36(2)3)13-19-14-22-28(37(4)5)30(41)26(33(35)44)32(43)34(22,45)31(42)24(19)29(25)40/h15,18-19,22,28,39-40,43,45H,6-14,16-17H2,1-5H3,(H2,35,44)/t19-,22-,28-,34-/m0/s1. The van der Waals surface area contributed by atoms with E-state index in [2.05, 4.69) is 11.8 Å². The number of nitrogens with zero attached hydrogens (tertiary/aromatic N) is 3. The molecule has 5 rings (SSSR count). The Morgan fingerprint density at radius 1 is 1.04 bits per heavy atom. The molecule has 2 fully saturated rings. The number of ketones is 2. The monoisotopic (exact) mass is 624 g/mol. The van der Waals surface area contributed by atoms with Crippen molar-refractivity contribution in [3.8, 4) is 5.75 Å². The topological polar surface area (TPSA) is 168 Å². The van der Waals surface area contributed by atoms with E-state index >= 15 is 0 Å². The van der Waals surface area contributed by atoms with E-state index < -0.39 is 58.0 Å². The number of aromatic hydroxyl groups is 1. The van der Waals surface area contributed by atoms with E-state index in [1.807, 2.05) is 19.0 Å². The Kier molecular flexibility index (Phi) is 9.09. The van der Waals surface area contributed by atoms with Crippen LogP contribution in [0.5, 0.6) is 5.75 Å². The molecule has 11 heteroatoms. The molecule has 4 aliphatic rings. The molecular weight excluding hydrogens is 576 g/mol. The van der Waals surface area contributed by atoms with Crippen LogP contribution in [0.25, 0.3) is 5.76 Å². The molecule has 0 radical (unpaired) electrons. The van der Waals surface area contributed by atoms with E-state index in [0.717, 1.165) is 24.3 Å². The van der Waals surface area contributed by atoms with Crippen LogP contribution in [0.1, 0.15) is 68.6 Å². The van der Waals surface area contributed by atoms with E-state index in [9.17, 15) is 34.8 Å². The molecule has 45 heavy (non-hydrogen) atoms. The minimum absolute atomic E-state index is 0.0619. The molecule has 11 nitrogen and oxygen atoms in total. The summed E-state index contributed by atoms with van der Waals surface area (Å²) >= 11 is 0. The number of Topliss-reactive ketones (excluding diaryl/α,β-unsaturated/α-hetero) is 2. The molecule has 0 bridgehead atoms. The fraction of sp³-hybridized carbons (Fsp3) is 0.618. The lowest BCUT2D eigenvalue weighted by atomic mass is 9.57. The number of aliphatic hydroxyl groups is 3. The number of aliphatic hydroxyl groups excluding tert-OH is 2. The van der Waals surface area contributed by atoms with Gasteiger partial charge < -0.3 is 31.1 Å². The number of nitrogens with two attached hydrogens (primary N) is 1. The van der Waals surface area contributed by atoms with Crippen molar-refractivity contribution in [2.24, 2.45) is 23.5 Å². The summed E-state index contributed by atoms with van der Waals surface area (Å²) < 4.78 is 0. The quantitative estimate of drug-likeness (QED) is 0.214. The molecule has 0 heterocycles. The second kappa shape index (κ2) is 12.4. The highest BCUT2D eigenvalue weighted by Gasteiger charge is 2.64. The van der Waals surface area contributed by atoms with Crippen LogP contribution in [-0.2, 0) is 27.3 Å². The lowest BCUT2D eigenvalue weighted by Crippen LogP contribution is -2.65. The Labute approximate surface area is 265 Å². The molecule has 1 aromatic carbocycles. The number of hydrogen-bond acceptors (Lipinski definition) is 10. The van der Waals surface area contributed by atoms with Gasteiger partial charge in [-0.25, -0.2) is 0 Å². The minimum atomic E-state index is -2.65. The first-order valence-corrected chi connectivity index (χ1v) is 16.2. The summed E-state index contributed by atoms with van der Waals surface area (Å²) in [7, 11) is 7.01. The van der Waals surface area contributed by atoms with Gasteiger partial charge in [0.05, 0.1) is 11.6 Å². The van der Waals surface area contributed by atoms with Crippen LogP contribution < -0.4 is 10.6 Å². The molecule has 1 aromatic rings. The maximum Gasteiger partial charge on any atom is 0.255 e. The lowest BCUT2D eigenvalue weighted by Gasteiger charge is -2.50. The van der Waals surface area contributed by atoms with Crippen molar-refractivity contribution in [2.45, 2.75) is 76.5 Å². The Bertz CT molecular complexity index is 1460. The highest BCUT2D eigenvalue weighted by atomic mass is 16.3. The number of amides is 1. The number of carbonyl (C=O) groups is 3. The van der Waals surface area contributed by atoms with Crippen LogP contribution in [0.4, 0.5) is 5.69 Å². The normalized spacial score (nSPS) is 27.4. The van der Waals surface area contributed by atoms with E-state index in [4.69, 9.17) is 5.73 Å².